The summed E-state index contributed by atoms with van der Waals surface area (Å²) < 4.78 is 19.2. The Labute approximate surface area is 159 Å². The molecule has 0 amide bonds. The quantitative estimate of drug-likeness (QED) is 0.706. The highest BCUT2D eigenvalue weighted by Crippen LogP contribution is 2.45. The van der Waals surface area contributed by atoms with Crippen molar-refractivity contribution in [1.29, 1.82) is 0 Å². The standard InChI is InChI=1S/C21H36O4Si/c1-19(2,3)26(6,7)25-17-14-21(22)13-9-8-10-15(21)11-12-16-18(17)24-20(4,5)23-16/h10-12,16-18,22H,8-9,13-14H2,1-7H3/b12-11-/t16-,17+,18-,21+/m1/s1. The molecule has 4 atom stereocenters. The number of rotatable bonds is 2. The Hall–Kier alpha value is -0.463. The first-order valence-electron chi connectivity index (χ1n) is 9.98. The van der Waals surface area contributed by atoms with E-state index < -0.39 is 19.7 Å². The van der Waals surface area contributed by atoms with Crippen LogP contribution in [0.1, 0.15) is 60.3 Å². The molecule has 148 valence electrons. The van der Waals surface area contributed by atoms with E-state index in [1.54, 1.807) is 0 Å². The first-order chi connectivity index (χ1) is 11.8. The van der Waals surface area contributed by atoms with E-state index in [0.29, 0.717) is 6.42 Å². The third kappa shape index (κ3) is 3.88. The number of ether oxygens (including phenoxy) is 2. The highest BCUT2D eigenvalue weighted by Gasteiger charge is 2.51. The SMILES string of the molecule is CC1(C)O[C@H]2[C@@H](O[Si](C)(C)C(C)(C)C)C[C@@]3(O)CCCC=C3/C=C\[C@H]2O1. The van der Waals surface area contributed by atoms with Gasteiger partial charge in [-0.15, -0.1) is 0 Å². The highest BCUT2D eigenvalue weighted by atomic mass is 28.4. The molecule has 1 aliphatic heterocycles. The molecule has 1 heterocycles. The molecule has 0 spiro atoms. The Kier molecular flexibility index (Phi) is 5.11. The van der Waals surface area contributed by atoms with Crippen molar-refractivity contribution in [1.82, 2.24) is 0 Å². The van der Waals surface area contributed by atoms with Crippen molar-refractivity contribution < 1.29 is 19.0 Å². The first kappa shape index (κ1) is 20.3. The van der Waals surface area contributed by atoms with Gasteiger partial charge in [-0.25, -0.2) is 0 Å². The van der Waals surface area contributed by atoms with Crippen LogP contribution in [0.25, 0.3) is 0 Å². The van der Waals surface area contributed by atoms with Gasteiger partial charge in [0.2, 0.25) is 0 Å². The summed E-state index contributed by atoms with van der Waals surface area (Å²) in [5.74, 6) is -0.638. The predicted octanol–water partition coefficient (Wildman–Crippen LogP) is 4.70. The summed E-state index contributed by atoms with van der Waals surface area (Å²) in [4.78, 5) is 0. The van der Waals surface area contributed by atoms with Crippen molar-refractivity contribution in [2.45, 2.75) is 108 Å². The highest BCUT2D eigenvalue weighted by molar-refractivity contribution is 6.74. The lowest BCUT2D eigenvalue weighted by atomic mass is 9.76. The summed E-state index contributed by atoms with van der Waals surface area (Å²) in [5, 5.41) is 11.5. The van der Waals surface area contributed by atoms with Gasteiger partial charge in [0.15, 0.2) is 14.1 Å². The Balaban J connectivity index is 1.97. The summed E-state index contributed by atoms with van der Waals surface area (Å²) in [5.41, 5.74) is 0.183. The molecule has 0 bridgehead atoms. The Morgan fingerprint density at radius 2 is 1.92 bits per heavy atom. The maximum absolute atomic E-state index is 11.4. The fraction of sp³-hybridized carbons (Fsp3) is 0.810. The molecule has 0 aromatic rings. The van der Waals surface area contributed by atoms with Crippen LogP contribution in [-0.4, -0.2) is 43.1 Å². The molecule has 3 rings (SSSR count). The molecule has 5 heteroatoms. The summed E-state index contributed by atoms with van der Waals surface area (Å²) in [6, 6.07) is 0. The van der Waals surface area contributed by atoms with Gasteiger partial charge < -0.3 is 19.0 Å². The van der Waals surface area contributed by atoms with E-state index in [2.05, 4.69) is 46.0 Å². The molecule has 1 saturated heterocycles. The molecule has 2 aliphatic carbocycles. The molecule has 0 radical (unpaired) electrons. The largest absolute Gasteiger partial charge is 0.411 e. The molecule has 0 unspecified atom stereocenters. The van der Waals surface area contributed by atoms with Crippen molar-refractivity contribution in [3.63, 3.8) is 0 Å². The fourth-order valence-electron chi connectivity index (χ4n) is 3.99. The van der Waals surface area contributed by atoms with Gasteiger partial charge in [0.1, 0.15) is 12.2 Å². The number of hydrogen-bond donors (Lipinski definition) is 1. The summed E-state index contributed by atoms with van der Waals surface area (Å²) in [6.45, 7) is 15.2. The second-order valence-corrected chi connectivity index (χ2v) is 14.9. The molecular formula is C21H36O4Si. The molecule has 3 aliphatic rings. The fourth-order valence-corrected chi connectivity index (χ4v) is 5.32. The van der Waals surface area contributed by atoms with E-state index in [1.165, 1.54) is 0 Å². The summed E-state index contributed by atoms with van der Waals surface area (Å²) >= 11 is 0. The van der Waals surface area contributed by atoms with E-state index in [1.807, 2.05) is 19.9 Å². The average Bonchev–Trinajstić information content (AvgIpc) is 2.78. The van der Waals surface area contributed by atoms with E-state index in [-0.39, 0.29) is 23.4 Å². The predicted molar refractivity (Wildman–Crippen MR) is 107 cm³/mol. The summed E-state index contributed by atoms with van der Waals surface area (Å²) in [6.07, 6.45) is 9.13. The van der Waals surface area contributed by atoms with Crippen molar-refractivity contribution in [2.24, 2.45) is 0 Å². The maximum atomic E-state index is 11.4. The van der Waals surface area contributed by atoms with E-state index in [0.717, 1.165) is 24.8 Å². The zero-order valence-electron chi connectivity index (χ0n) is 17.5. The van der Waals surface area contributed by atoms with Gasteiger partial charge in [0.05, 0.1) is 11.7 Å². The molecule has 4 nitrogen and oxygen atoms in total. The molecule has 1 N–H and O–H groups in total. The second-order valence-electron chi connectivity index (χ2n) is 10.1. The van der Waals surface area contributed by atoms with E-state index >= 15 is 0 Å². The van der Waals surface area contributed by atoms with Crippen molar-refractivity contribution >= 4 is 8.32 Å². The van der Waals surface area contributed by atoms with Crippen LogP contribution in [-0.2, 0) is 13.9 Å². The van der Waals surface area contributed by atoms with Gasteiger partial charge in [0, 0.05) is 6.42 Å². The normalized spacial score (nSPS) is 38.6. The van der Waals surface area contributed by atoms with Gasteiger partial charge in [-0.2, -0.15) is 0 Å². The van der Waals surface area contributed by atoms with Gasteiger partial charge >= 0.3 is 0 Å². The van der Waals surface area contributed by atoms with Crippen molar-refractivity contribution in [3.8, 4) is 0 Å². The molecule has 0 aromatic heterocycles. The molecular weight excluding hydrogens is 344 g/mol. The number of hydrogen-bond acceptors (Lipinski definition) is 4. The van der Waals surface area contributed by atoms with Crippen molar-refractivity contribution in [3.05, 3.63) is 23.8 Å². The van der Waals surface area contributed by atoms with Crippen LogP contribution in [0.15, 0.2) is 23.8 Å². The lowest BCUT2D eigenvalue weighted by Gasteiger charge is -2.45. The smallest absolute Gasteiger partial charge is 0.192 e. The van der Waals surface area contributed by atoms with E-state index in [4.69, 9.17) is 13.9 Å². The Morgan fingerprint density at radius 3 is 2.58 bits per heavy atom. The third-order valence-corrected chi connectivity index (χ3v) is 11.0. The maximum Gasteiger partial charge on any atom is 0.192 e. The third-order valence-electron chi connectivity index (χ3n) is 6.48. The lowest BCUT2D eigenvalue weighted by molar-refractivity contribution is -0.155. The van der Waals surface area contributed by atoms with Gasteiger partial charge in [-0.1, -0.05) is 39.0 Å². The minimum absolute atomic E-state index is 0.101. The van der Waals surface area contributed by atoms with Crippen LogP contribution in [0.2, 0.25) is 18.1 Å². The topological polar surface area (TPSA) is 47.9 Å². The zero-order chi connectivity index (χ0) is 19.4. The minimum Gasteiger partial charge on any atom is -0.411 e. The van der Waals surface area contributed by atoms with Crippen LogP contribution in [0, 0.1) is 0 Å². The molecule has 1 fully saturated rings. The summed E-state index contributed by atoms with van der Waals surface area (Å²) in [7, 11) is -2.02. The second kappa shape index (κ2) is 6.56. The molecule has 26 heavy (non-hydrogen) atoms. The number of fused-ring (bicyclic) bond motifs is 2. The Morgan fingerprint density at radius 1 is 1.23 bits per heavy atom. The molecule has 0 aromatic carbocycles. The van der Waals surface area contributed by atoms with Gasteiger partial charge in [-0.3, -0.25) is 0 Å². The van der Waals surface area contributed by atoms with Crippen LogP contribution in [0.5, 0.6) is 0 Å². The van der Waals surface area contributed by atoms with Crippen LogP contribution in [0.3, 0.4) is 0 Å². The monoisotopic (exact) mass is 380 g/mol. The van der Waals surface area contributed by atoms with Crippen LogP contribution < -0.4 is 0 Å². The van der Waals surface area contributed by atoms with Crippen LogP contribution in [0.4, 0.5) is 0 Å². The molecule has 0 saturated carbocycles. The van der Waals surface area contributed by atoms with Gasteiger partial charge in [0.25, 0.3) is 0 Å². The first-order valence-corrected chi connectivity index (χ1v) is 12.9. The number of aliphatic hydroxyl groups is 1. The van der Waals surface area contributed by atoms with E-state index in [9.17, 15) is 5.11 Å². The zero-order valence-corrected chi connectivity index (χ0v) is 18.5. The Bertz CT molecular complexity index is 602. The minimum atomic E-state index is -2.02. The van der Waals surface area contributed by atoms with Crippen LogP contribution >= 0.6 is 0 Å². The van der Waals surface area contributed by atoms with Crippen molar-refractivity contribution in [2.75, 3.05) is 0 Å². The number of allylic oxidation sites excluding steroid dienone is 1. The van der Waals surface area contributed by atoms with Gasteiger partial charge in [-0.05, 0) is 56.8 Å². The average molecular weight is 381 g/mol. The lowest BCUT2D eigenvalue weighted by Crippen LogP contribution is -2.52.